The molecule has 0 bridgehead atoms. The molecule has 3 rings (SSSR count). The molecule has 0 saturated heterocycles. The third kappa shape index (κ3) is 2.67. The van der Waals surface area contributed by atoms with Crippen LogP contribution in [0.5, 0.6) is 0 Å². The Labute approximate surface area is 140 Å². The van der Waals surface area contributed by atoms with E-state index in [4.69, 9.17) is 23.2 Å². The largest absolute Gasteiger partial charge is 0.348 e. The summed E-state index contributed by atoms with van der Waals surface area (Å²) in [4.78, 5) is 0. The van der Waals surface area contributed by atoms with Gasteiger partial charge in [-0.05, 0) is 36.8 Å². The van der Waals surface area contributed by atoms with E-state index in [0.29, 0.717) is 23.1 Å². The SMILES string of the molecule is CCS(=O)(=O)N1CCn2cccc2C1c1ccc(Cl)cc1Cl. The molecular formula is C15H16Cl2N2O2S. The van der Waals surface area contributed by atoms with Crippen LogP contribution in [0.4, 0.5) is 0 Å². The average molecular weight is 359 g/mol. The fourth-order valence-electron chi connectivity index (χ4n) is 2.87. The number of hydrogen-bond acceptors (Lipinski definition) is 2. The summed E-state index contributed by atoms with van der Waals surface area (Å²) in [5.74, 6) is 0.0649. The molecule has 0 fully saturated rings. The highest BCUT2D eigenvalue weighted by atomic mass is 35.5. The van der Waals surface area contributed by atoms with Crippen molar-refractivity contribution in [3.8, 4) is 0 Å². The fraction of sp³-hybridized carbons (Fsp3) is 0.333. The van der Waals surface area contributed by atoms with Crippen LogP contribution < -0.4 is 0 Å². The van der Waals surface area contributed by atoms with Crippen molar-refractivity contribution in [2.75, 3.05) is 12.3 Å². The molecule has 0 spiro atoms. The molecule has 1 unspecified atom stereocenters. The molecule has 7 heteroatoms. The molecule has 2 aromatic rings. The lowest BCUT2D eigenvalue weighted by molar-refractivity contribution is 0.299. The Balaban J connectivity index is 2.18. The van der Waals surface area contributed by atoms with Crippen molar-refractivity contribution < 1.29 is 8.42 Å². The standard InChI is InChI=1S/C15H16Cl2N2O2S/c1-2-22(20,21)19-9-8-18-7-3-4-14(18)15(19)12-6-5-11(16)10-13(12)17/h3-7,10,15H,2,8-9H2,1H3. The van der Waals surface area contributed by atoms with Crippen molar-refractivity contribution in [2.24, 2.45) is 0 Å². The van der Waals surface area contributed by atoms with Crippen LogP contribution in [0.25, 0.3) is 0 Å². The maximum atomic E-state index is 12.5. The van der Waals surface area contributed by atoms with Crippen molar-refractivity contribution in [1.82, 2.24) is 8.87 Å². The number of halogens is 2. The summed E-state index contributed by atoms with van der Waals surface area (Å²) in [6.45, 7) is 2.73. The summed E-state index contributed by atoms with van der Waals surface area (Å²) in [6, 6.07) is 8.63. The van der Waals surface area contributed by atoms with E-state index in [9.17, 15) is 8.42 Å². The van der Waals surface area contributed by atoms with Gasteiger partial charge in [0.05, 0.1) is 11.8 Å². The Morgan fingerprint density at radius 2 is 2.00 bits per heavy atom. The monoisotopic (exact) mass is 358 g/mol. The Bertz CT molecular complexity index is 802. The van der Waals surface area contributed by atoms with E-state index in [1.165, 1.54) is 4.31 Å². The first kappa shape index (κ1) is 15.9. The van der Waals surface area contributed by atoms with Crippen molar-refractivity contribution >= 4 is 33.2 Å². The van der Waals surface area contributed by atoms with E-state index in [1.54, 1.807) is 25.1 Å². The minimum atomic E-state index is -3.34. The predicted octanol–water partition coefficient (Wildman–Crippen LogP) is 3.55. The van der Waals surface area contributed by atoms with Gasteiger partial charge < -0.3 is 4.57 Å². The number of benzene rings is 1. The van der Waals surface area contributed by atoms with Crippen molar-refractivity contribution in [3.63, 3.8) is 0 Å². The van der Waals surface area contributed by atoms with Crippen LogP contribution >= 0.6 is 23.2 Å². The quantitative estimate of drug-likeness (QED) is 0.841. The highest BCUT2D eigenvalue weighted by Crippen LogP contribution is 2.38. The second kappa shape index (κ2) is 5.89. The van der Waals surface area contributed by atoms with E-state index in [2.05, 4.69) is 4.57 Å². The lowest BCUT2D eigenvalue weighted by Crippen LogP contribution is -2.43. The van der Waals surface area contributed by atoms with Gasteiger partial charge in [0.15, 0.2) is 0 Å². The molecule has 1 aromatic carbocycles. The predicted molar refractivity (Wildman–Crippen MR) is 88.9 cm³/mol. The summed E-state index contributed by atoms with van der Waals surface area (Å²) in [6.07, 6.45) is 1.96. The van der Waals surface area contributed by atoms with Crippen LogP contribution in [0.3, 0.4) is 0 Å². The first-order chi connectivity index (χ1) is 10.4. The first-order valence-corrected chi connectivity index (χ1v) is 9.40. The summed E-state index contributed by atoms with van der Waals surface area (Å²) < 4.78 is 28.6. The molecular weight excluding hydrogens is 343 g/mol. The summed E-state index contributed by atoms with van der Waals surface area (Å²) >= 11 is 12.3. The van der Waals surface area contributed by atoms with Gasteiger partial charge in [0.25, 0.3) is 0 Å². The Morgan fingerprint density at radius 1 is 1.23 bits per heavy atom. The fourth-order valence-corrected chi connectivity index (χ4v) is 4.61. The van der Waals surface area contributed by atoms with Crippen molar-refractivity contribution in [3.05, 3.63) is 57.8 Å². The number of rotatable bonds is 3. The summed E-state index contributed by atoms with van der Waals surface area (Å²) in [5.41, 5.74) is 1.68. The van der Waals surface area contributed by atoms with Gasteiger partial charge in [-0.25, -0.2) is 8.42 Å². The zero-order chi connectivity index (χ0) is 15.9. The van der Waals surface area contributed by atoms with Gasteiger partial charge in [-0.1, -0.05) is 29.3 Å². The second-order valence-electron chi connectivity index (χ2n) is 5.21. The highest BCUT2D eigenvalue weighted by Gasteiger charge is 2.36. The molecule has 0 N–H and O–H groups in total. The van der Waals surface area contributed by atoms with E-state index < -0.39 is 16.1 Å². The molecule has 4 nitrogen and oxygen atoms in total. The third-order valence-electron chi connectivity index (χ3n) is 3.97. The second-order valence-corrected chi connectivity index (χ2v) is 8.26. The van der Waals surface area contributed by atoms with Gasteiger partial charge in [0.1, 0.15) is 0 Å². The Hall–Kier alpha value is -1.01. The van der Waals surface area contributed by atoms with Crippen LogP contribution in [0.2, 0.25) is 10.0 Å². The van der Waals surface area contributed by atoms with Gasteiger partial charge in [-0.3, -0.25) is 0 Å². The highest BCUT2D eigenvalue weighted by molar-refractivity contribution is 7.89. The summed E-state index contributed by atoms with van der Waals surface area (Å²) in [7, 11) is -3.34. The lowest BCUT2D eigenvalue weighted by Gasteiger charge is -2.36. The van der Waals surface area contributed by atoms with Gasteiger partial charge in [-0.15, -0.1) is 0 Å². The number of hydrogen-bond donors (Lipinski definition) is 0. The molecule has 1 aromatic heterocycles. The number of nitrogens with zero attached hydrogens (tertiary/aromatic N) is 2. The molecule has 0 saturated carbocycles. The van der Waals surface area contributed by atoms with E-state index in [1.807, 2.05) is 18.3 Å². The molecule has 1 aliphatic heterocycles. The maximum Gasteiger partial charge on any atom is 0.214 e. The molecule has 0 aliphatic carbocycles. The van der Waals surface area contributed by atoms with Crippen LogP contribution in [-0.2, 0) is 16.6 Å². The number of fused-ring (bicyclic) bond motifs is 1. The smallest absolute Gasteiger partial charge is 0.214 e. The first-order valence-electron chi connectivity index (χ1n) is 7.03. The molecule has 2 heterocycles. The van der Waals surface area contributed by atoms with Crippen molar-refractivity contribution in [1.29, 1.82) is 0 Å². The Morgan fingerprint density at radius 3 is 2.68 bits per heavy atom. The zero-order valence-electron chi connectivity index (χ0n) is 12.0. The minimum Gasteiger partial charge on any atom is -0.348 e. The molecule has 22 heavy (non-hydrogen) atoms. The molecule has 118 valence electrons. The molecule has 0 amide bonds. The van der Waals surface area contributed by atoms with Gasteiger partial charge in [0, 0.05) is 35.0 Å². The molecule has 1 atom stereocenters. The molecule has 0 radical (unpaired) electrons. The number of sulfonamides is 1. The third-order valence-corrected chi connectivity index (χ3v) is 6.37. The van der Waals surface area contributed by atoms with Crippen LogP contribution in [-0.4, -0.2) is 29.6 Å². The topological polar surface area (TPSA) is 42.3 Å². The van der Waals surface area contributed by atoms with Crippen LogP contribution in [0.15, 0.2) is 36.5 Å². The van der Waals surface area contributed by atoms with E-state index >= 15 is 0 Å². The maximum absolute atomic E-state index is 12.5. The summed E-state index contributed by atoms with van der Waals surface area (Å²) in [5, 5.41) is 1.01. The normalized spacial score (nSPS) is 19.1. The molecule has 1 aliphatic rings. The lowest BCUT2D eigenvalue weighted by atomic mass is 10.0. The van der Waals surface area contributed by atoms with Gasteiger partial charge >= 0.3 is 0 Å². The van der Waals surface area contributed by atoms with Gasteiger partial charge in [-0.2, -0.15) is 4.31 Å². The van der Waals surface area contributed by atoms with Crippen LogP contribution in [0.1, 0.15) is 24.2 Å². The van der Waals surface area contributed by atoms with E-state index in [0.717, 1.165) is 11.3 Å². The average Bonchev–Trinajstić information content (AvgIpc) is 2.95. The van der Waals surface area contributed by atoms with E-state index in [-0.39, 0.29) is 5.75 Å². The van der Waals surface area contributed by atoms with Crippen molar-refractivity contribution in [2.45, 2.75) is 19.5 Å². The number of aromatic nitrogens is 1. The van der Waals surface area contributed by atoms with Gasteiger partial charge in [0.2, 0.25) is 10.0 Å². The minimum absolute atomic E-state index is 0.0649. The van der Waals surface area contributed by atoms with Crippen LogP contribution in [0, 0.1) is 0 Å². The Kier molecular flexibility index (Phi) is 4.25. The zero-order valence-corrected chi connectivity index (χ0v) is 14.4.